The molecule has 0 aromatic heterocycles. The van der Waals surface area contributed by atoms with E-state index in [1.807, 2.05) is 12.1 Å². The topological polar surface area (TPSA) is 38.0 Å². The Bertz CT molecular complexity index is 565. The molecule has 3 N–H and O–H groups in total. The molecule has 3 rings (SSSR count). The fourth-order valence-corrected chi connectivity index (χ4v) is 3.43. The molecule has 21 heavy (non-hydrogen) atoms. The second-order valence-corrected chi connectivity index (χ2v) is 6.03. The molecule has 2 aromatic rings. The summed E-state index contributed by atoms with van der Waals surface area (Å²) in [5, 5.41) is 3.76. The summed E-state index contributed by atoms with van der Waals surface area (Å²) in [7, 11) is 0. The van der Waals surface area contributed by atoms with Crippen LogP contribution < -0.4 is 11.1 Å². The highest BCUT2D eigenvalue weighted by Crippen LogP contribution is 2.33. The van der Waals surface area contributed by atoms with Crippen molar-refractivity contribution in [3.8, 4) is 0 Å². The Balaban J connectivity index is 1.67. The summed E-state index contributed by atoms with van der Waals surface area (Å²) in [5.41, 5.74) is 9.45. The molecule has 110 valence electrons. The Morgan fingerprint density at radius 2 is 1.76 bits per heavy atom. The van der Waals surface area contributed by atoms with Crippen LogP contribution in [0.3, 0.4) is 0 Å². The largest absolute Gasteiger partial charge is 0.399 e. The predicted molar refractivity (Wildman–Crippen MR) is 89.1 cm³/mol. The van der Waals surface area contributed by atoms with Gasteiger partial charge in [0.1, 0.15) is 0 Å². The van der Waals surface area contributed by atoms with Gasteiger partial charge in [-0.25, -0.2) is 0 Å². The van der Waals surface area contributed by atoms with Crippen molar-refractivity contribution in [3.05, 3.63) is 65.7 Å². The first-order chi connectivity index (χ1) is 10.3. The average molecular weight is 280 g/mol. The van der Waals surface area contributed by atoms with E-state index >= 15 is 0 Å². The average Bonchev–Trinajstić information content (AvgIpc) is 2.54. The summed E-state index contributed by atoms with van der Waals surface area (Å²) in [6, 6.07) is 19.7. The summed E-state index contributed by atoms with van der Waals surface area (Å²) in [5.74, 6) is 0.640. The maximum absolute atomic E-state index is 5.86. The van der Waals surface area contributed by atoms with Gasteiger partial charge in [-0.1, -0.05) is 55.3 Å². The van der Waals surface area contributed by atoms with E-state index < -0.39 is 0 Å². The quantitative estimate of drug-likeness (QED) is 0.828. The molecule has 1 aliphatic rings. The first-order valence-corrected chi connectivity index (χ1v) is 7.96. The second kappa shape index (κ2) is 6.77. The van der Waals surface area contributed by atoms with Gasteiger partial charge in [-0.15, -0.1) is 0 Å². The first kappa shape index (κ1) is 14.2. The number of rotatable bonds is 4. The summed E-state index contributed by atoms with van der Waals surface area (Å²) in [4.78, 5) is 0. The van der Waals surface area contributed by atoms with Crippen LogP contribution in [0.1, 0.15) is 42.7 Å². The zero-order valence-corrected chi connectivity index (χ0v) is 12.5. The Labute approximate surface area is 127 Å². The lowest BCUT2D eigenvalue weighted by atomic mass is 9.80. The molecular weight excluding hydrogens is 256 g/mol. The van der Waals surface area contributed by atoms with E-state index in [0.29, 0.717) is 12.0 Å². The summed E-state index contributed by atoms with van der Waals surface area (Å²) in [6.07, 6.45) is 5.23. The van der Waals surface area contributed by atoms with Gasteiger partial charge in [-0.2, -0.15) is 0 Å². The third-order valence-electron chi connectivity index (χ3n) is 4.51. The lowest BCUT2D eigenvalue weighted by molar-refractivity contribution is 0.326. The van der Waals surface area contributed by atoms with E-state index in [-0.39, 0.29) is 0 Å². The van der Waals surface area contributed by atoms with Crippen molar-refractivity contribution >= 4 is 5.69 Å². The van der Waals surface area contributed by atoms with E-state index in [4.69, 9.17) is 5.73 Å². The molecule has 0 saturated heterocycles. The van der Waals surface area contributed by atoms with Gasteiger partial charge < -0.3 is 11.1 Å². The van der Waals surface area contributed by atoms with Gasteiger partial charge in [0.05, 0.1) is 0 Å². The Morgan fingerprint density at radius 3 is 2.57 bits per heavy atom. The van der Waals surface area contributed by atoms with Crippen LogP contribution in [-0.4, -0.2) is 6.04 Å². The fraction of sp³-hybridized carbons (Fsp3) is 0.368. The summed E-state index contributed by atoms with van der Waals surface area (Å²) in [6.45, 7) is 0.902. The molecule has 0 spiro atoms. The molecule has 2 atom stereocenters. The highest BCUT2D eigenvalue weighted by Gasteiger charge is 2.25. The number of hydrogen-bond donors (Lipinski definition) is 2. The minimum absolute atomic E-state index is 0.572. The van der Waals surface area contributed by atoms with Crippen LogP contribution in [0, 0.1) is 0 Å². The molecule has 0 radical (unpaired) electrons. The summed E-state index contributed by atoms with van der Waals surface area (Å²) < 4.78 is 0. The molecule has 2 nitrogen and oxygen atoms in total. The van der Waals surface area contributed by atoms with E-state index in [9.17, 15) is 0 Å². The SMILES string of the molecule is Nc1cccc(CNC2CCCCC2c2ccccc2)c1. The number of nitrogens with two attached hydrogens (primary N) is 1. The van der Waals surface area contributed by atoms with Gasteiger partial charge in [-0.3, -0.25) is 0 Å². The molecule has 0 aliphatic heterocycles. The van der Waals surface area contributed by atoms with Crippen LogP contribution in [0.25, 0.3) is 0 Å². The van der Waals surface area contributed by atoms with Gasteiger partial charge >= 0.3 is 0 Å². The first-order valence-electron chi connectivity index (χ1n) is 7.96. The molecule has 0 bridgehead atoms. The van der Waals surface area contributed by atoms with E-state index in [1.165, 1.54) is 36.8 Å². The number of nitrogen functional groups attached to an aromatic ring is 1. The maximum Gasteiger partial charge on any atom is 0.0317 e. The van der Waals surface area contributed by atoms with Crippen molar-refractivity contribution in [2.24, 2.45) is 0 Å². The zero-order chi connectivity index (χ0) is 14.5. The highest BCUT2D eigenvalue weighted by molar-refractivity contribution is 5.40. The van der Waals surface area contributed by atoms with Gasteiger partial charge in [0.25, 0.3) is 0 Å². The van der Waals surface area contributed by atoms with Crippen molar-refractivity contribution in [2.75, 3.05) is 5.73 Å². The van der Waals surface area contributed by atoms with Crippen LogP contribution in [0.15, 0.2) is 54.6 Å². The lowest BCUT2D eigenvalue weighted by Crippen LogP contribution is -2.36. The van der Waals surface area contributed by atoms with Crippen LogP contribution in [-0.2, 0) is 6.54 Å². The molecular formula is C19H24N2. The van der Waals surface area contributed by atoms with Crippen LogP contribution in [0.4, 0.5) is 5.69 Å². The number of nitrogens with one attached hydrogen (secondary N) is 1. The van der Waals surface area contributed by atoms with Crippen molar-refractivity contribution in [1.29, 1.82) is 0 Å². The van der Waals surface area contributed by atoms with Crippen molar-refractivity contribution in [1.82, 2.24) is 5.32 Å². The molecule has 1 saturated carbocycles. The minimum Gasteiger partial charge on any atom is -0.399 e. The minimum atomic E-state index is 0.572. The third-order valence-corrected chi connectivity index (χ3v) is 4.51. The highest BCUT2D eigenvalue weighted by atomic mass is 14.9. The Morgan fingerprint density at radius 1 is 0.952 bits per heavy atom. The Kier molecular flexibility index (Phi) is 4.56. The smallest absolute Gasteiger partial charge is 0.0317 e. The van der Waals surface area contributed by atoms with Crippen molar-refractivity contribution in [3.63, 3.8) is 0 Å². The summed E-state index contributed by atoms with van der Waals surface area (Å²) >= 11 is 0. The second-order valence-electron chi connectivity index (χ2n) is 6.03. The standard InChI is InChI=1S/C19H24N2/c20-17-10-6-7-15(13-17)14-21-19-12-5-4-11-18(19)16-8-2-1-3-9-16/h1-3,6-10,13,18-19,21H,4-5,11-12,14,20H2. The third kappa shape index (κ3) is 3.64. The van der Waals surface area contributed by atoms with Crippen LogP contribution >= 0.6 is 0 Å². The molecule has 1 aliphatic carbocycles. The molecule has 2 heteroatoms. The number of hydrogen-bond acceptors (Lipinski definition) is 2. The van der Waals surface area contributed by atoms with Crippen molar-refractivity contribution in [2.45, 2.75) is 44.2 Å². The molecule has 1 fully saturated rings. The Hall–Kier alpha value is -1.80. The van der Waals surface area contributed by atoms with Crippen LogP contribution in [0.5, 0.6) is 0 Å². The van der Waals surface area contributed by atoms with Gasteiger partial charge in [0, 0.05) is 18.3 Å². The van der Waals surface area contributed by atoms with E-state index in [0.717, 1.165) is 12.2 Å². The van der Waals surface area contributed by atoms with E-state index in [1.54, 1.807) is 0 Å². The predicted octanol–water partition coefficient (Wildman–Crippen LogP) is 4.08. The number of anilines is 1. The maximum atomic E-state index is 5.86. The monoisotopic (exact) mass is 280 g/mol. The molecule has 2 unspecified atom stereocenters. The fourth-order valence-electron chi connectivity index (χ4n) is 3.43. The molecule has 2 aromatic carbocycles. The number of benzene rings is 2. The van der Waals surface area contributed by atoms with Gasteiger partial charge in [0.2, 0.25) is 0 Å². The zero-order valence-electron chi connectivity index (χ0n) is 12.5. The molecule has 0 amide bonds. The van der Waals surface area contributed by atoms with Gasteiger partial charge in [-0.05, 0) is 42.0 Å². The van der Waals surface area contributed by atoms with E-state index in [2.05, 4.69) is 47.8 Å². The lowest BCUT2D eigenvalue weighted by Gasteiger charge is -2.33. The van der Waals surface area contributed by atoms with Crippen molar-refractivity contribution < 1.29 is 0 Å². The normalized spacial score (nSPS) is 22.1. The van der Waals surface area contributed by atoms with Crippen LogP contribution in [0.2, 0.25) is 0 Å². The van der Waals surface area contributed by atoms with Gasteiger partial charge in [0.15, 0.2) is 0 Å². The molecule has 0 heterocycles.